The minimum Gasteiger partial charge on any atom is -0.383 e. The van der Waals surface area contributed by atoms with Crippen LogP contribution in [0.3, 0.4) is 0 Å². The summed E-state index contributed by atoms with van der Waals surface area (Å²) in [6.45, 7) is 0. The number of nitrogens with one attached hydrogen (secondary N) is 1. The molecule has 0 fully saturated rings. The van der Waals surface area contributed by atoms with Gasteiger partial charge in [-0.05, 0) is 50.1 Å². The summed E-state index contributed by atoms with van der Waals surface area (Å²) in [6, 6.07) is 5.79. The second-order valence-corrected chi connectivity index (χ2v) is 5.73. The Balaban J connectivity index is 2.29. The quantitative estimate of drug-likeness (QED) is 0.589. The van der Waals surface area contributed by atoms with Gasteiger partial charge in [0, 0.05) is 22.4 Å². The number of nitrogens with two attached hydrogens (primary N) is 1. The number of nitro benzene ring substituents is 1. The number of rotatable bonds is 3. The number of halogens is 2. The number of pyridine rings is 1. The molecule has 0 atom stereocenters. The van der Waals surface area contributed by atoms with Gasteiger partial charge < -0.3 is 11.1 Å². The van der Waals surface area contributed by atoms with E-state index in [1.807, 2.05) is 0 Å². The number of nitrogen functional groups attached to an aromatic ring is 1. The molecule has 2 aromatic rings. The lowest BCUT2D eigenvalue weighted by atomic mass is 10.2. The predicted octanol–water partition coefficient (Wildman–Crippen LogP) is 3.35. The van der Waals surface area contributed by atoms with Crippen molar-refractivity contribution in [1.82, 2.24) is 4.98 Å². The van der Waals surface area contributed by atoms with E-state index in [2.05, 4.69) is 42.2 Å². The molecule has 21 heavy (non-hydrogen) atoms. The Hall–Kier alpha value is -2.00. The SMILES string of the molecule is Nc1ncc(Br)cc1C(=O)Nc1ccc(Br)c([N+](=O)[O-])c1. The maximum Gasteiger partial charge on any atom is 0.285 e. The molecule has 1 aromatic carbocycles. The highest BCUT2D eigenvalue weighted by Crippen LogP contribution is 2.28. The molecule has 0 saturated carbocycles. The Morgan fingerprint density at radius 1 is 1.33 bits per heavy atom. The molecule has 0 aliphatic carbocycles. The zero-order chi connectivity index (χ0) is 15.6. The minimum atomic E-state index is -0.547. The number of carbonyl (C=O) groups excluding carboxylic acids is 1. The van der Waals surface area contributed by atoms with E-state index in [9.17, 15) is 14.9 Å². The smallest absolute Gasteiger partial charge is 0.285 e. The summed E-state index contributed by atoms with van der Waals surface area (Å²) >= 11 is 6.27. The summed E-state index contributed by atoms with van der Waals surface area (Å²) in [7, 11) is 0. The first-order valence-corrected chi connectivity index (χ1v) is 7.13. The van der Waals surface area contributed by atoms with Crippen LogP contribution in [-0.2, 0) is 0 Å². The summed E-state index contributed by atoms with van der Waals surface area (Å²) in [5.74, 6) is -0.430. The lowest BCUT2D eigenvalue weighted by Gasteiger charge is -2.07. The number of nitrogens with zero attached hydrogens (tertiary/aromatic N) is 2. The van der Waals surface area contributed by atoms with Crippen molar-refractivity contribution in [1.29, 1.82) is 0 Å². The van der Waals surface area contributed by atoms with Crippen LogP contribution >= 0.6 is 31.9 Å². The molecule has 1 heterocycles. The van der Waals surface area contributed by atoms with Gasteiger partial charge in [-0.15, -0.1) is 0 Å². The maximum absolute atomic E-state index is 12.1. The van der Waals surface area contributed by atoms with E-state index < -0.39 is 10.8 Å². The van der Waals surface area contributed by atoms with Gasteiger partial charge in [0.2, 0.25) is 0 Å². The largest absolute Gasteiger partial charge is 0.383 e. The van der Waals surface area contributed by atoms with Crippen molar-refractivity contribution in [2.24, 2.45) is 0 Å². The number of amides is 1. The maximum atomic E-state index is 12.1. The Morgan fingerprint density at radius 2 is 2.05 bits per heavy atom. The topological polar surface area (TPSA) is 111 Å². The van der Waals surface area contributed by atoms with Gasteiger partial charge in [-0.1, -0.05) is 0 Å². The molecule has 0 saturated heterocycles. The first-order valence-electron chi connectivity index (χ1n) is 5.55. The van der Waals surface area contributed by atoms with Crippen LogP contribution in [-0.4, -0.2) is 15.8 Å². The normalized spacial score (nSPS) is 10.2. The van der Waals surface area contributed by atoms with Crippen LogP contribution in [0.15, 0.2) is 39.4 Å². The molecule has 9 heteroatoms. The Bertz CT molecular complexity index is 736. The van der Waals surface area contributed by atoms with Crippen molar-refractivity contribution in [3.05, 3.63) is 55.1 Å². The second kappa shape index (κ2) is 6.19. The number of hydrogen-bond donors (Lipinski definition) is 2. The molecule has 7 nitrogen and oxygen atoms in total. The van der Waals surface area contributed by atoms with Crippen LogP contribution in [0.1, 0.15) is 10.4 Å². The van der Waals surface area contributed by atoms with Crippen molar-refractivity contribution in [3.8, 4) is 0 Å². The van der Waals surface area contributed by atoms with E-state index in [4.69, 9.17) is 5.73 Å². The fraction of sp³-hybridized carbons (Fsp3) is 0. The summed E-state index contributed by atoms with van der Waals surface area (Å²) < 4.78 is 0.928. The zero-order valence-electron chi connectivity index (χ0n) is 10.3. The van der Waals surface area contributed by atoms with Gasteiger partial charge in [0.25, 0.3) is 11.6 Å². The standard InChI is InChI=1S/C12H8Br2N4O3/c13-6-3-8(11(15)16-5-6)12(19)17-7-1-2-9(14)10(4-7)18(20)21/h1-5H,(H2,15,16)(H,17,19). The predicted molar refractivity (Wildman–Crippen MR) is 85.1 cm³/mol. The molecule has 0 spiro atoms. The van der Waals surface area contributed by atoms with Crippen molar-refractivity contribution in [2.45, 2.75) is 0 Å². The van der Waals surface area contributed by atoms with Crippen LogP contribution in [0.25, 0.3) is 0 Å². The Kier molecular flexibility index (Phi) is 4.53. The fourth-order valence-corrected chi connectivity index (χ4v) is 2.28. The number of anilines is 2. The second-order valence-electron chi connectivity index (χ2n) is 3.96. The fourth-order valence-electron chi connectivity index (χ4n) is 1.56. The highest BCUT2D eigenvalue weighted by Gasteiger charge is 2.16. The van der Waals surface area contributed by atoms with Gasteiger partial charge in [0.15, 0.2) is 0 Å². The molecule has 2 rings (SSSR count). The van der Waals surface area contributed by atoms with Crippen molar-refractivity contribution in [3.63, 3.8) is 0 Å². The van der Waals surface area contributed by atoms with Gasteiger partial charge in [0.05, 0.1) is 15.0 Å². The first-order chi connectivity index (χ1) is 9.88. The van der Waals surface area contributed by atoms with E-state index >= 15 is 0 Å². The highest BCUT2D eigenvalue weighted by molar-refractivity contribution is 9.10. The first kappa shape index (κ1) is 15.4. The summed E-state index contributed by atoms with van der Waals surface area (Å²) in [5, 5.41) is 13.4. The minimum absolute atomic E-state index is 0.0716. The third-order valence-corrected chi connectivity index (χ3v) is 3.63. The van der Waals surface area contributed by atoms with Crippen LogP contribution in [0.2, 0.25) is 0 Å². The van der Waals surface area contributed by atoms with Crippen molar-refractivity contribution in [2.75, 3.05) is 11.1 Å². The molecule has 0 aliphatic rings. The van der Waals surface area contributed by atoms with E-state index in [0.717, 1.165) is 0 Å². The van der Waals surface area contributed by atoms with Crippen molar-refractivity contribution >= 4 is 55.0 Å². The van der Waals surface area contributed by atoms with E-state index in [1.165, 1.54) is 30.5 Å². The molecular formula is C12H8Br2N4O3. The number of hydrogen-bond acceptors (Lipinski definition) is 5. The Morgan fingerprint density at radius 3 is 2.71 bits per heavy atom. The van der Waals surface area contributed by atoms with E-state index in [1.54, 1.807) is 0 Å². The van der Waals surface area contributed by atoms with Gasteiger partial charge in [-0.2, -0.15) is 0 Å². The van der Waals surface area contributed by atoms with Crippen LogP contribution in [0.5, 0.6) is 0 Å². The van der Waals surface area contributed by atoms with Gasteiger partial charge in [-0.3, -0.25) is 14.9 Å². The average molecular weight is 416 g/mol. The molecule has 3 N–H and O–H groups in total. The van der Waals surface area contributed by atoms with E-state index in [0.29, 0.717) is 8.95 Å². The molecule has 0 unspecified atom stereocenters. The number of carbonyl (C=O) groups is 1. The molecule has 0 aliphatic heterocycles. The zero-order valence-corrected chi connectivity index (χ0v) is 13.5. The van der Waals surface area contributed by atoms with Gasteiger partial charge >= 0.3 is 0 Å². The van der Waals surface area contributed by atoms with Crippen LogP contribution in [0.4, 0.5) is 17.2 Å². The molecule has 0 radical (unpaired) electrons. The molecule has 108 valence electrons. The van der Waals surface area contributed by atoms with Gasteiger partial charge in [-0.25, -0.2) is 4.98 Å². The number of benzene rings is 1. The summed E-state index contributed by atoms with van der Waals surface area (Å²) in [5.41, 5.74) is 5.95. The molecule has 1 amide bonds. The lowest BCUT2D eigenvalue weighted by Crippen LogP contribution is -2.15. The highest BCUT2D eigenvalue weighted by atomic mass is 79.9. The average Bonchev–Trinajstić information content (AvgIpc) is 2.43. The van der Waals surface area contributed by atoms with E-state index in [-0.39, 0.29) is 22.8 Å². The number of nitro groups is 1. The monoisotopic (exact) mass is 414 g/mol. The molecular weight excluding hydrogens is 408 g/mol. The van der Waals surface area contributed by atoms with Gasteiger partial charge in [0.1, 0.15) is 5.82 Å². The third-order valence-electron chi connectivity index (χ3n) is 2.53. The van der Waals surface area contributed by atoms with Crippen LogP contribution < -0.4 is 11.1 Å². The molecule has 0 bridgehead atoms. The summed E-state index contributed by atoms with van der Waals surface area (Å²) in [4.78, 5) is 26.3. The Labute approximate surface area is 136 Å². The summed E-state index contributed by atoms with van der Waals surface area (Å²) in [6.07, 6.45) is 1.47. The molecule has 1 aromatic heterocycles. The lowest BCUT2D eigenvalue weighted by molar-refractivity contribution is -0.385. The van der Waals surface area contributed by atoms with Crippen molar-refractivity contribution < 1.29 is 9.72 Å². The number of aromatic nitrogens is 1. The van der Waals surface area contributed by atoms with Crippen LogP contribution in [0, 0.1) is 10.1 Å². The third kappa shape index (κ3) is 3.56.